The maximum absolute atomic E-state index is 12.2. The van der Waals surface area contributed by atoms with Gasteiger partial charge in [0.05, 0.1) is 0 Å². The van der Waals surface area contributed by atoms with Crippen molar-refractivity contribution in [3.63, 3.8) is 0 Å². The molecule has 0 unspecified atom stereocenters. The number of piperazine rings is 1. The van der Waals surface area contributed by atoms with Crippen LogP contribution in [0.15, 0.2) is 34.7 Å². The average molecular weight is 300 g/mol. The molecule has 0 spiro atoms. The van der Waals surface area contributed by atoms with Gasteiger partial charge >= 0.3 is 0 Å². The Morgan fingerprint density at radius 1 is 1.23 bits per heavy atom. The third-order valence-electron chi connectivity index (χ3n) is 3.51. The molecule has 2 heterocycles. The van der Waals surface area contributed by atoms with Crippen LogP contribution in [0.25, 0.3) is 0 Å². The van der Waals surface area contributed by atoms with E-state index in [-0.39, 0.29) is 30.7 Å². The Labute approximate surface area is 127 Å². The fraction of sp³-hybridized carbons (Fsp3) is 0.333. The van der Waals surface area contributed by atoms with Crippen LogP contribution in [0.2, 0.25) is 0 Å². The molecule has 1 fully saturated rings. The van der Waals surface area contributed by atoms with E-state index in [1.807, 2.05) is 30.3 Å². The summed E-state index contributed by atoms with van der Waals surface area (Å²) in [6.45, 7) is 2.72. The molecular formula is C15H16N4O3. The summed E-state index contributed by atoms with van der Waals surface area (Å²) in [7, 11) is 0. The molecule has 0 saturated carbocycles. The third kappa shape index (κ3) is 2.98. The van der Waals surface area contributed by atoms with Gasteiger partial charge in [-0.1, -0.05) is 18.2 Å². The van der Waals surface area contributed by atoms with Gasteiger partial charge in [-0.05, 0) is 12.1 Å². The summed E-state index contributed by atoms with van der Waals surface area (Å²) >= 11 is 0. The van der Waals surface area contributed by atoms with E-state index in [4.69, 9.17) is 4.42 Å². The third-order valence-corrected chi connectivity index (χ3v) is 3.51. The zero-order valence-corrected chi connectivity index (χ0v) is 12.2. The maximum atomic E-state index is 12.2. The lowest BCUT2D eigenvalue weighted by atomic mass is 10.2. The molecule has 22 heavy (non-hydrogen) atoms. The van der Waals surface area contributed by atoms with E-state index in [9.17, 15) is 9.59 Å². The van der Waals surface area contributed by atoms with Gasteiger partial charge in [0, 0.05) is 25.7 Å². The van der Waals surface area contributed by atoms with Gasteiger partial charge in [0.2, 0.25) is 23.6 Å². The summed E-state index contributed by atoms with van der Waals surface area (Å²) in [5.74, 6) is 0.436. The zero-order chi connectivity index (χ0) is 15.5. The lowest BCUT2D eigenvalue weighted by Crippen LogP contribution is -2.52. The number of hydrogen-bond acceptors (Lipinski definition) is 5. The molecule has 114 valence electrons. The number of rotatable bonds is 3. The van der Waals surface area contributed by atoms with Crippen molar-refractivity contribution in [2.45, 2.75) is 13.3 Å². The van der Waals surface area contributed by atoms with Crippen LogP contribution < -0.4 is 4.90 Å². The van der Waals surface area contributed by atoms with Crippen LogP contribution in [0, 0.1) is 6.92 Å². The molecule has 0 N–H and O–H groups in total. The lowest BCUT2D eigenvalue weighted by Gasteiger charge is -2.34. The molecule has 0 radical (unpaired) electrons. The van der Waals surface area contributed by atoms with Crippen molar-refractivity contribution >= 4 is 17.5 Å². The van der Waals surface area contributed by atoms with Gasteiger partial charge in [0.25, 0.3) is 0 Å². The summed E-state index contributed by atoms with van der Waals surface area (Å²) in [4.78, 5) is 27.7. The highest BCUT2D eigenvalue weighted by Crippen LogP contribution is 2.17. The molecule has 1 aliphatic rings. The van der Waals surface area contributed by atoms with Crippen LogP contribution in [-0.2, 0) is 16.0 Å². The standard InChI is InChI=1S/C15H16N4O3/c1-11-16-17-13(22-11)9-14(20)18-7-8-19(15(21)10-18)12-5-3-2-4-6-12/h2-6H,7-10H2,1H3. The fourth-order valence-corrected chi connectivity index (χ4v) is 2.42. The number of para-hydroxylation sites is 1. The first kappa shape index (κ1) is 14.2. The number of aryl methyl sites for hydroxylation is 1. The van der Waals surface area contributed by atoms with Gasteiger partial charge in [-0.15, -0.1) is 10.2 Å². The second kappa shape index (κ2) is 5.97. The Hall–Kier alpha value is -2.70. The monoisotopic (exact) mass is 300 g/mol. The number of carbonyl (C=O) groups excluding carboxylic acids is 2. The number of benzene rings is 1. The fourth-order valence-electron chi connectivity index (χ4n) is 2.42. The minimum Gasteiger partial charge on any atom is -0.425 e. The maximum Gasteiger partial charge on any atom is 0.246 e. The Balaban J connectivity index is 1.62. The first-order chi connectivity index (χ1) is 10.6. The van der Waals surface area contributed by atoms with Gasteiger partial charge in [-0.3, -0.25) is 9.59 Å². The predicted octanol–water partition coefficient (Wildman–Crippen LogP) is 0.796. The summed E-state index contributed by atoms with van der Waals surface area (Å²) in [5, 5.41) is 7.49. The van der Waals surface area contributed by atoms with Crippen LogP contribution in [0.4, 0.5) is 5.69 Å². The highest BCUT2D eigenvalue weighted by Gasteiger charge is 2.28. The van der Waals surface area contributed by atoms with Gasteiger partial charge < -0.3 is 14.2 Å². The van der Waals surface area contributed by atoms with Crippen molar-refractivity contribution in [2.75, 3.05) is 24.5 Å². The van der Waals surface area contributed by atoms with Crippen molar-refractivity contribution in [3.05, 3.63) is 42.1 Å². The average Bonchev–Trinajstić information content (AvgIpc) is 2.93. The first-order valence-corrected chi connectivity index (χ1v) is 7.05. The number of carbonyl (C=O) groups is 2. The van der Waals surface area contributed by atoms with Crippen LogP contribution in [0.5, 0.6) is 0 Å². The molecule has 2 aromatic rings. The van der Waals surface area contributed by atoms with Crippen molar-refractivity contribution in [1.29, 1.82) is 0 Å². The highest BCUT2D eigenvalue weighted by molar-refractivity contribution is 5.98. The summed E-state index contributed by atoms with van der Waals surface area (Å²) in [6, 6.07) is 9.45. The van der Waals surface area contributed by atoms with E-state index in [1.165, 1.54) is 4.90 Å². The number of anilines is 1. The van der Waals surface area contributed by atoms with E-state index >= 15 is 0 Å². The molecule has 0 atom stereocenters. The van der Waals surface area contributed by atoms with Gasteiger partial charge in [0.1, 0.15) is 13.0 Å². The summed E-state index contributed by atoms with van der Waals surface area (Å²) in [5.41, 5.74) is 0.854. The second-order valence-electron chi connectivity index (χ2n) is 5.09. The zero-order valence-electron chi connectivity index (χ0n) is 12.2. The van der Waals surface area contributed by atoms with Gasteiger partial charge in [0.15, 0.2) is 0 Å². The van der Waals surface area contributed by atoms with Crippen LogP contribution in [0.3, 0.4) is 0 Å². The van der Waals surface area contributed by atoms with Crippen LogP contribution in [0.1, 0.15) is 11.8 Å². The number of amides is 2. The predicted molar refractivity (Wildman–Crippen MR) is 78.1 cm³/mol. The van der Waals surface area contributed by atoms with E-state index in [2.05, 4.69) is 10.2 Å². The van der Waals surface area contributed by atoms with Crippen molar-refractivity contribution in [3.8, 4) is 0 Å². The molecule has 1 saturated heterocycles. The summed E-state index contributed by atoms with van der Waals surface area (Å²) in [6.07, 6.45) is 0.0272. The van der Waals surface area contributed by atoms with E-state index < -0.39 is 0 Å². The Kier molecular flexibility index (Phi) is 3.86. The minimum atomic E-state index is -0.176. The molecule has 3 rings (SSSR count). The second-order valence-corrected chi connectivity index (χ2v) is 5.09. The van der Waals surface area contributed by atoms with Crippen molar-refractivity contribution < 1.29 is 14.0 Å². The van der Waals surface area contributed by atoms with Gasteiger partial charge in [-0.25, -0.2) is 0 Å². The van der Waals surface area contributed by atoms with Gasteiger partial charge in [-0.2, -0.15) is 0 Å². The molecule has 2 amide bonds. The Morgan fingerprint density at radius 2 is 2.00 bits per heavy atom. The van der Waals surface area contributed by atoms with Crippen molar-refractivity contribution in [1.82, 2.24) is 15.1 Å². The van der Waals surface area contributed by atoms with E-state index in [0.717, 1.165) is 5.69 Å². The molecule has 1 aromatic heterocycles. The quantitative estimate of drug-likeness (QED) is 0.837. The first-order valence-electron chi connectivity index (χ1n) is 7.05. The number of nitrogens with zero attached hydrogens (tertiary/aromatic N) is 4. The Bertz CT molecular complexity index is 683. The molecular weight excluding hydrogens is 284 g/mol. The Morgan fingerprint density at radius 3 is 2.64 bits per heavy atom. The largest absolute Gasteiger partial charge is 0.425 e. The van der Waals surface area contributed by atoms with Crippen LogP contribution >= 0.6 is 0 Å². The molecule has 1 aromatic carbocycles. The summed E-state index contributed by atoms with van der Waals surface area (Å²) < 4.78 is 5.20. The SMILES string of the molecule is Cc1nnc(CC(=O)N2CCN(c3ccccc3)C(=O)C2)o1. The molecule has 7 nitrogen and oxygen atoms in total. The van der Waals surface area contributed by atoms with Crippen molar-refractivity contribution in [2.24, 2.45) is 0 Å². The van der Waals surface area contributed by atoms with E-state index in [0.29, 0.717) is 19.0 Å². The smallest absolute Gasteiger partial charge is 0.246 e. The van der Waals surface area contributed by atoms with E-state index in [1.54, 1.807) is 11.8 Å². The lowest BCUT2D eigenvalue weighted by molar-refractivity contribution is -0.136. The number of aromatic nitrogens is 2. The minimum absolute atomic E-state index is 0.0272. The molecule has 7 heteroatoms. The molecule has 1 aliphatic heterocycles. The molecule has 0 bridgehead atoms. The number of hydrogen-bond donors (Lipinski definition) is 0. The topological polar surface area (TPSA) is 79.5 Å². The normalized spacial score (nSPS) is 15.2. The highest BCUT2D eigenvalue weighted by atomic mass is 16.4. The molecule has 0 aliphatic carbocycles. The van der Waals surface area contributed by atoms with Crippen LogP contribution in [-0.4, -0.2) is 46.5 Å².